The highest BCUT2D eigenvalue weighted by Crippen LogP contribution is 2.23. The Balaban J connectivity index is 2.26. The van der Waals surface area contributed by atoms with Crippen molar-refractivity contribution in [3.63, 3.8) is 0 Å². The summed E-state index contributed by atoms with van der Waals surface area (Å²) in [4.78, 5) is 22.2. The summed E-state index contributed by atoms with van der Waals surface area (Å²) in [6.07, 6.45) is 1.68. The summed E-state index contributed by atoms with van der Waals surface area (Å²) in [5.41, 5.74) is 0. The van der Waals surface area contributed by atoms with Gasteiger partial charge in [0.15, 0.2) is 0 Å². The number of carbonyl (C=O) groups excluding carboxylic acids is 2. The second kappa shape index (κ2) is 5.27. The fourth-order valence-corrected chi connectivity index (χ4v) is 2.48. The van der Waals surface area contributed by atoms with Crippen LogP contribution < -0.4 is 0 Å². The van der Waals surface area contributed by atoms with Crippen molar-refractivity contribution in [1.29, 1.82) is 0 Å². The van der Waals surface area contributed by atoms with Crippen molar-refractivity contribution in [3.8, 4) is 0 Å². The highest BCUT2D eigenvalue weighted by molar-refractivity contribution is 7.99. The molecule has 1 atom stereocenters. The molecule has 0 spiro atoms. The molecule has 1 aliphatic rings. The Kier molecular flexibility index (Phi) is 4.28. The summed E-state index contributed by atoms with van der Waals surface area (Å²) in [5, 5.41) is 0. The number of rotatable bonds is 3. The number of ether oxygens (including phenoxy) is 1. The lowest BCUT2D eigenvalue weighted by molar-refractivity contribution is -0.141. The zero-order chi connectivity index (χ0) is 9.68. The lowest BCUT2D eigenvalue weighted by atomic mass is 9.98. The van der Waals surface area contributed by atoms with Gasteiger partial charge in [-0.25, -0.2) is 0 Å². The Morgan fingerprint density at radius 1 is 1.69 bits per heavy atom. The molecule has 1 aliphatic heterocycles. The zero-order valence-electron chi connectivity index (χ0n) is 7.75. The van der Waals surface area contributed by atoms with E-state index in [0.717, 1.165) is 11.5 Å². The number of hydrogen-bond donors (Lipinski definition) is 0. The van der Waals surface area contributed by atoms with Crippen molar-refractivity contribution in [1.82, 2.24) is 0 Å². The first-order chi connectivity index (χ1) is 6.24. The minimum absolute atomic E-state index is 0.0813. The fourth-order valence-electron chi connectivity index (χ4n) is 1.33. The third-order valence-corrected chi connectivity index (χ3v) is 3.32. The van der Waals surface area contributed by atoms with Gasteiger partial charge in [0.1, 0.15) is 5.78 Å². The molecule has 0 aliphatic carbocycles. The maximum atomic E-state index is 11.3. The number of hydrogen-bond acceptors (Lipinski definition) is 4. The van der Waals surface area contributed by atoms with Crippen LogP contribution in [0.15, 0.2) is 0 Å². The molecular weight excluding hydrogens is 188 g/mol. The summed E-state index contributed by atoms with van der Waals surface area (Å²) >= 11 is 1.79. The molecule has 0 bridgehead atoms. The molecule has 0 aromatic carbocycles. The van der Waals surface area contributed by atoms with Crippen molar-refractivity contribution in [2.24, 2.45) is 5.92 Å². The molecular formula is C9H14O3S. The smallest absolute Gasteiger partial charge is 0.305 e. The van der Waals surface area contributed by atoms with E-state index in [1.807, 2.05) is 0 Å². The summed E-state index contributed by atoms with van der Waals surface area (Å²) in [5.74, 6) is 1.98. The Morgan fingerprint density at radius 3 is 3.08 bits per heavy atom. The molecule has 1 heterocycles. The van der Waals surface area contributed by atoms with E-state index >= 15 is 0 Å². The van der Waals surface area contributed by atoms with Crippen molar-refractivity contribution >= 4 is 23.5 Å². The molecule has 0 aromatic rings. The van der Waals surface area contributed by atoms with Crippen LogP contribution in [0.3, 0.4) is 0 Å². The molecule has 1 unspecified atom stereocenters. The molecule has 0 radical (unpaired) electrons. The number of Topliss-reactive ketones (excluding diaryl/α,β-unsaturated/α-hetero) is 1. The van der Waals surface area contributed by atoms with Crippen LogP contribution in [0, 0.1) is 5.92 Å². The first-order valence-corrected chi connectivity index (χ1v) is 5.56. The number of esters is 1. The van der Waals surface area contributed by atoms with Crippen LogP contribution in [0.4, 0.5) is 0 Å². The minimum atomic E-state index is -0.219. The van der Waals surface area contributed by atoms with E-state index in [9.17, 15) is 9.59 Å². The van der Waals surface area contributed by atoms with Gasteiger partial charge in [-0.2, -0.15) is 11.8 Å². The van der Waals surface area contributed by atoms with Gasteiger partial charge < -0.3 is 4.74 Å². The molecule has 1 rings (SSSR count). The first-order valence-electron chi connectivity index (χ1n) is 4.41. The van der Waals surface area contributed by atoms with Gasteiger partial charge >= 0.3 is 5.97 Å². The number of carbonyl (C=O) groups is 2. The molecule has 1 saturated heterocycles. The average molecular weight is 202 g/mol. The van der Waals surface area contributed by atoms with Crippen LogP contribution in [-0.2, 0) is 14.3 Å². The van der Waals surface area contributed by atoms with Crippen LogP contribution in [0.1, 0.15) is 19.3 Å². The molecule has 3 nitrogen and oxygen atoms in total. The van der Waals surface area contributed by atoms with Gasteiger partial charge in [0, 0.05) is 30.3 Å². The normalized spacial score (nSPS) is 22.8. The number of methoxy groups -OCH3 is 1. The van der Waals surface area contributed by atoms with Crippen LogP contribution in [-0.4, -0.2) is 30.4 Å². The largest absolute Gasteiger partial charge is 0.469 e. The van der Waals surface area contributed by atoms with E-state index in [4.69, 9.17) is 0 Å². The minimum Gasteiger partial charge on any atom is -0.469 e. The van der Waals surface area contributed by atoms with Crippen molar-refractivity contribution < 1.29 is 14.3 Å². The summed E-state index contributed by atoms with van der Waals surface area (Å²) < 4.78 is 4.52. The molecule has 4 heteroatoms. The standard InChI is InChI=1S/C9H14O3S/c1-12-9(11)3-2-7-6-13-5-4-8(7)10/h7H,2-6H2,1H3. The van der Waals surface area contributed by atoms with E-state index in [1.54, 1.807) is 11.8 Å². The lowest BCUT2D eigenvalue weighted by Gasteiger charge is -2.19. The van der Waals surface area contributed by atoms with Gasteiger partial charge in [-0.3, -0.25) is 9.59 Å². The number of ketones is 1. The maximum absolute atomic E-state index is 11.3. The van der Waals surface area contributed by atoms with Gasteiger partial charge in [-0.15, -0.1) is 0 Å². The van der Waals surface area contributed by atoms with Gasteiger partial charge in [0.05, 0.1) is 7.11 Å². The van der Waals surface area contributed by atoms with E-state index in [1.165, 1.54) is 7.11 Å². The second-order valence-electron chi connectivity index (χ2n) is 3.10. The van der Waals surface area contributed by atoms with Gasteiger partial charge in [-0.1, -0.05) is 0 Å². The predicted molar refractivity (Wildman–Crippen MR) is 51.7 cm³/mol. The molecule has 0 N–H and O–H groups in total. The summed E-state index contributed by atoms with van der Waals surface area (Å²) in [6, 6.07) is 0. The molecule has 74 valence electrons. The van der Waals surface area contributed by atoms with Gasteiger partial charge in [-0.05, 0) is 6.42 Å². The molecule has 1 fully saturated rings. The van der Waals surface area contributed by atoms with E-state index in [0.29, 0.717) is 25.0 Å². The van der Waals surface area contributed by atoms with Crippen molar-refractivity contribution in [2.45, 2.75) is 19.3 Å². The van der Waals surface area contributed by atoms with Crippen LogP contribution in [0.5, 0.6) is 0 Å². The average Bonchev–Trinajstić information content (AvgIpc) is 2.16. The Labute approximate surface area is 82.2 Å². The van der Waals surface area contributed by atoms with Crippen molar-refractivity contribution in [3.05, 3.63) is 0 Å². The predicted octanol–water partition coefficient (Wildman–Crippen LogP) is 1.26. The van der Waals surface area contributed by atoms with Crippen LogP contribution in [0.2, 0.25) is 0 Å². The van der Waals surface area contributed by atoms with E-state index in [-0.39, 0.29) is 11.9 Å². The molecule has 13 heavy (non-hydrogen) atoms. The monoisotopic (exact) mass is 202 g/mol. The Morgan fingerprint density at radius 2 is 2.46 bits per heavy atom. The first kappa shape index (κ1) is 10.6. The fraction of sp³-hybridized carbons (Fsp3) is 0.778. The lowest BCUT2D eigenvalue weighted by Crippen LogP contribution is -2.23. The van der Waals surface area contributed by atoms with Crippen LogP contribution >= 0.6 is 11.8 Å². The Bertz CT molecular complexity index is 203. The molecule has 0 amide bonds. The summed E-state index contributed by atoms with van der Waals surface area (Å²) in [7, 11) is 1.37. The zero-order valence-corrected chi connectivity index (χ0v) is 8.56. The number of thioether (sulfide) groups is 1. The SMILES string of the molecule is COC(=O)CCC1CSCCC1=O. The topological polar surface area (TPSA) is 43.4 Å². The Hall–Kier alpha value is -0.510. The third kappa shape index (κ3) is 3.38. The van der Waals surface area contributed by atoms with Gasteiger partial charge in [0.2, 0.25) is 0 Å². The second-order valence-corrected chi connectivity index (χ2v) is 4.25. The van der Waals surface area contributed by atoms with Crippen molar-refractivity contribution in [2.75, 3.05) is 18.6 Å². The molecule has 0 saturated carbocycles. The van der Waals surface area contributed by atoms with Gasteiger partial charge in [0.25, 0.3) is 0 Å². The van der Waals surface area contributed by atoms with E-state index < -0.39 is 0 Å². The van der Waals surface area contributed by atoms with Crippen LogP contribution in [0.25, 0.3) is 0 Å². The highest BCUT2D eigenvalue weighted by atomic mass is 32.2. The highest BCUT2D eigenvalue weighted by Gasteiger charge is 2.22. The summed E-state index contributed by atoms with van der Waals surface area (Å²) in [6.45, 7) is 0. The molecule has 0 aromatic heterocycles. The quantitative estimate of drug-likeness (QED) is 0.646. The maximum Gasteiger partial charge on any atom is 0.305 e. The van der Waals surface area contributed by atoms with E-state index in [2.05, 4.69) is 4.74 Å². The third-order valence-electron chi connectivity index (χ3n) is 2.19.